The Morgan fingerprint density at radius 1 is 1.06 bits per heavy atom. The summed E-state index contributed by atoms with van der Waals surface area (Å²) >= 11 is 0. The first kappa shape index (κ1) is 24.8. The van der Waals surface area contributed by atoms with E-state index in [1.54, 1.807) is 6.92 Å². The van der Waals surface area contributed by atoms with Gasteiger partial charge in [-0.3, -0.25) is 9.59 Å². The van der Waals surface area contributed by atoms with Gasteiger partial charge in [0, 0.05) is 6.54 Å². The molecule has 0 radical (unpaired) electrons. The Kier molecular flexibility index (Phi) is 8.89. The summed E-state index contributed by atoms with van der Waals surface area (Å²) in [6.45, 7) is 3.43. The maximum absolute atomic E-state index is 13.2. The van der Waals surface area contributed by atoms with Crippen LogP contribution in [0.5, 0.6) is 5.75 Å². The lowest BCUT2D eigenvalue weighted by Gasteiger charge is -2.25. The van der Waals surface area contributed by atoms with Crippen molar-refractivity contribution in [3.8, 4) is 5.75 Å². The van der Waals surface area contributed by atoms with Crippen LogP contribution in [0.4, 0.5) is 0 Å². The summed E-state index contributed by atoms with van der Waals surface area (Å²) in [7, 11) is 0. The van der Waals surface area contributed by atoms with E-state index in [0.29, 0.717) is 26.1 Å². The van der Waals surface area contributed by atoms with Crippen molar-refractivity contribution < 1.29 is 19.4 Å². The number of carboxylic acids is 1. The molecular weight excluding hydrogens is 416 g/mol. The SMILES string of the molecule is CC1(CC(=O)O)CC(COc2ccc(CCCCN)cc2)N(CCCc2ccccc2)C1=O. The summed E-state index contributed by atoms with van der Waals surface area (Å²) in [4.78, 5) is 26.5. The molecule has 6 nitrogen and oxygen atoms in total. The average molecular weight is 453 g/mol. The first-order valence-electron chi connectivity index (χ1n) is 11.9. The highest BCUT2D eigenvalue weighted by atomic mass is 16.5. The lowest BCUT2D eigenvalue weighted by atomic mass is 9.84. The first-order chi connectivity index (χ1) is 15.9. The van der Waals surface area contributed by atoms with Crippen LogP contribution in [0, 0.1) is 5.41 Å². The molecule has 6 heteroatoms. The van der Waals surface area contributed by atoms with E-state index in [4.69, 9.17) is 10.5 Å². The zero-order valence-corrected chi connectivity index (χ0v) is 19.5. The molecule has 1 saturated heterocycles. The number of carboxylic acid groups (broad SMARTS) is 1. The molecule has 1 fully saturated rings. The number of aliphatic carboxylic acids is 1. The highest BCUT2D eigenvalue weighted by molar-refractivity contribution is 5.88. The number of ether oxygens (including phenoxy) is 1. The Bertz CT molecular complexity index is 900. The van der Waals surface area contributed by atoms with Crippen molar-refractivity contribution in [3.05, 3.63) is 65.7 Å². The van der Waals surface area contributed by atoms with Crippen molar-refractivity contribution in [2.24, 2.45) is 11.1 Å². The fourth-order valence-electron chi connectivity index (χ4n) is 4.66. The summed E-state index contributed by atoms with van der Waals surface area (Å²) in [5.74, 6) is -0.259. The molecule has 0 saturated carbocycles. The Morgan fingerprint density at radius 3 is 2.39 bits per heavy atom. The number of carbonyl (C=O) groups is 2. The molecule has 33 heavy (non-hydrogen) atoms. The van der Waals surface area contributed by atoms with Crippen LogP contribution >= 0.6 is 0 Å². The summed E-state index contributed by atoms with van der Waals surface area (Å²) < 4.78 is 6.05. The molecule has 3 rings (SSSR count). The van der Waals surface area contributed by atoms with E-state index in [-0.39, 0.29) is 18.4 Å². The van der Waals surface area contributed by atoms with Crippen LogP contribution in [-0.2, 0) is 22.4 Å². The smallest absolute Gasteiger partial charge is 0.304 e. The quantitative estimate of drug-likeness (QED) is 0.447. The molecule has 0 aromatic heterocycles. The van der Waals surface area contributed by atoms with Crippen LogP contribution in [0.15, 0.2) is 54.6 Å². The number of nitrogens with zero attached hydrogens (tertiary/aromatic N) is 1. The monoisotopic (exact) mass is 452 g/mol. The molecule has 0 spiro atoms. The Morgan fingerprint density at radius 2 is 1.73 bits per heavy atom. The highest BCUT2D eigenvalue weighted by Crippen LogP contribution is 2.39. The van der Waals surface area contributed by atoms with Gasteiger partial charge in [0.05, 0.1) is 17.9 Å². The lowest BCUT2D eigenvalue weighted by molar-refractivity contribution is -0.146. The van der Waals surface area contributed by atoms with Crippen molar-refractivity contribution in [1.82, 2.24) is 4.90 Å². The van der Waals surface area contributed by atoms with E-state index in [2.05, 4.69) is 24.3 Å². The van der Waals surface area contributed by atoms with Gasteiger partial charge in [0.2, 0.25) is 5.91 Å². The second-order valence-corrected chi connectivity index (χ2v) is 9.28. The summed E-state index contributed by atoms with van der Waals surface area (Å²) in [6.07, 6.45) is 5.11. The van der Waals surface area contributed by atoms with Gasteiger partial charge < -0.3 is 20.5 Å². The summed E-state index contributed by atoms with van der Waals surface area (Å²) in [6, 6.07) is 18.1. The Balaban J connectivity index is 1.61. The van der Waals surface area contributed by atoms with E-state index in [1.807, 2.05) is 35.2 Å². The van der Waals surface area contributed by atoms with Crippen LogP contribution < -0.4 is 10.5 Å². The molecule has 1 aliphatic heterocycles. The molecule has 1 aliphatic rings. The van der Waals surface area contributed by atoms with E-state index >= 15 is 0 Å². The van der Waals surface area contributed by atoms with E-state index in [0.717, 1.165) is 37.9 Å². The zero-order valence-electron chi connectivity index (χ0n) is 19.5. The van der Waals surface area contributed by atoms with Gasteiger partial charge in [-0.25, -0.2) is 0 Å². The van der Waals surface area contributed by atoms with Gasteiger partial charge in [-0.1, -0.05) is 49.4 Å². The maximum atomic E-state index is 13.2. The number of carbonyl (C=O) groups excluding carboxylic acids is 1. The molecular formula is C27H36N2O4. The van der Waals surface area contributed by atoms with Gasteiger partial charge in [0.1, 0.15) is 12.4 Å². The summed E-state index contributed by atoms with van der Waals surface area (Å²) in [5.41, 5.74) is 7.16. The standard InChI is InChI=1S/C27H36N2O4/c1-27(19-25(30)31)18-23(20-33-24-14-12-22(13-15-24)10-5-6-16-28)29(26(27)32)17-7-11-21-8-3-2-4-9-21/h2-4,8-9,12-15,23H,5-7,10-11,16-20,28H2,1H3,(H,30,31). The second-order valence-electron chi connectivity index (χ2n) is 9.28. The molecule has 1 heterocycles. The highest BCUT2D eigenvalue weighted by Gasteiger charge is 2.49. The van der Waals surface area contributed by atoms with Crippen LogP contribution in [0.2, 0.25) is 0 Å². The van der Waals surface area contributed by atoms with Crippen molar-refractivity contribution in [2.45, 2.75) is 57.9 Å². The van der Waals surface area contributed by atoms with Crippen LogP contribution in [0.1, 0.15) is 50.2 Å². The zero-order chi connectivity index (χ0) is 23.7. The van der Waals surface area contributed by atoms with E-state index < -0.39 is 11.4 Å². The predicted molar refractivity (Wildman–Crippen MR) is 129 cm³/mol. The molecule has 2 aromatic rings. The topological polar surface area (TPSA) is 92.9 Å². The Labute approximate surface area is 196 Å². The van der Waals surface area contributed by atoms with Crippen molar-refractivity contribution in [1.29, 1.82) is 0 Å². The van der Waals surface area contributed by atoms with Crippen LogP contribution in [-0.4, -0.2) is 47.6 Å². The van der Waals surface area contributed by atoms with Crippen molar-refractivity contribution in [2.75, 3.05) is 19.7 Å². The van der Waals surface area contributed by atoms with Gasteiger partial charge in [0.15, 0.2) is 0 Å². The number of amides is 1. The molecule has 0 bridgehead atoms. The third-order valence-electron chi connectivity index (χ3n) is 6.44. The number of hydrogen-bond donors (Lipinski definition) is 2. The lowest BCUT2D eigenvalue weighted by Crippen LogP contribution is -2.39. The van der Waals surface area contributed by atoms with Gasteiger partial charge in [-0.05, 0) is 68.3 Å². The predicted octanol–water partition coefficient (Wildman–Crippen LogP) is 4.06. The molecule has 1 amide bonds. The Hall–Kier alpha value is -2.86. The molecule has 0 aliphatic carbocycles. The average Bonchev–Trinajstić information content (AvgIpc) is 3.03. The minimum atomic E-state index is -0.943. The van der Waals surface area contributed by atoms with Crippen molar-refractivity contribution in [3.63, 3.8) is 0 Å². The van der Waals surface area contributed by atoms with E-state index in [1.165, 1.54) is 11.1 Å². The van der Waals surface area contributed by atoms with Gasteiger partial charge in [-0.2, -0.15) is 0 Å². The van der Waals surface area contributed by atoms with Crippen LogP contribution in [0.3, 0.4) is 0 Å². The molecule has 2 aromatic carbocycles. The largest absolute Gasteiger partial charge is 0.491 e. The minimum Gasteiger partial charge on any atom is -0.491 e. The number of likely N-dealkylation sites (tertiary alicyclic amines) is 1. The third kappa shape index (κ3) is 7.06. The van der Waals surface area contributed by atoms with Crippen LogP contribution in [0.25, 0.3) is 0 Å². The van der Waals surface area contributed by atoms with Gasteiger partial charge in [-0.15, -0.1) is 0 Å². The molecule has 2 atom stereocenters. The normalized spacial score (nSPS) is 20.2. The number of nitrogens with two attached hydrogens (primary N) is 1. The number of hydrogen-bond acceptors (Lipinski definition) is 4. The molecule has 178 valence electrons. The molecule has 3 N–H and O–H groups in total. The maximum Gasteiger partial charge on any atom is 0.304 e. The fraction of sp³-hybridized carbons (Fsp3) is 0.481. The molecule has 2 unspecified atom stereocenters. The van der Waals surface area contributed by atoms with Gasteiger partial charge >= 0.3 is 5.97 Å². The fourth-order valence-corrected chi connectivity index (χ4v) is 4.66. The number of unbranched alkanes of at least 4 members (excludes halogenated alkanes) is 1. The minimum absolute atomic E-state index is 0.0817. The number of aryl methyl sites for hydroxylation is 2. The first-order valence-corrected chi connectivity index (χ1v) is 11.9. The number of rotatable bonds is 13. The van der Waals surface area contributed by atoms with Crippen molar-refractivity contribution >= 4 is 11.9 Å². The number of benzene rings is 2. The van der Waals surface area contributed by atoms with Gasteiger partial charge in [0.25, 0.3) is 0 Å². The summed E-state index contributed by atoms with van der Waals surface area (Å²) in [5, 5.41) is 9.36. The second kappa shape index (κ2) is 11.8. The van der Waals surface area contributed by atoms with E-state index in [9.17, 15) is 14.7 Å². The third-order valence-corrected chi connectivity index (χ3v) is 6.44.